The van der Waals surface area contributed by atoms with Gasteiger partial charge in [-0.3, -0.25) is 4.79 Å². The molecule has 2 aliphatic rings. The molecule has 10 atom stereocenters. The van der Waals surface area contributed by atoms with E-state index in [2.05, 4.69) is 4.74 Å². The van der Waals surface area contributed by atoms with Crippen LogP contribution in [0.15, 0.2) is 0 Å². The lowest BCUT2D eigenvalue weighted by Gasteiger charge is -2.45. The number of aliphatic hydroxyl groups excluding tert-OH is 7. The molecule has 29 heavy (non-hydrogen) atoms. The Labute approximate surface area is 165 Å². The highest BCUT2D eigenvalue weighted by Gasteiger charge is 2.50. The van der Waals surface area contributed by atoms with E-state index in [9.17, 15) is 40.5 Å². The number of carbonyl (C=O) groups excluding carboxylic acids is 1. The Morgan fingerprint density at radius 2 is 1.38 bits per heavy atom. The highest BCUT2D eigenvalue weighted by atomic mass is 16.8. The maximum absolute atomic E-state index is 11.2. The Kier molecular flexibility index (Phi) is 9.12. The third-order valence-corrected chi connectivity index (χ3v) is 4.78. The highest BCUT2D eigenvalue weighted by molar-refractivity contribution is 5.69. The predicted molar refractivity (Wildman–Crippen MR) is 89.0 cm³/mol. The third kappa shape index (κ3) is 5.59. The van der Waals surface area contributed by atoms with Gasteiger partial charge < -0.3 is 59.4 Å². The predicted octanol–water partition coefficient (Wildman–Crippen LogP) is -4.81. The molecule has 0 aromatic carbocycles. The van der Waals surface area contributed by atoms with Crippen LogP contribution < -0.4 is 0 Å². The van der Waals surface area contributed by atoms with E-state index in [0.29, 0.717) is 0 Å². The maximum Gasteiger partial charge on any atom is 0.307 e. The monoisotopic (exact) mass is 428 g/mol. The van der Waals surface area contributed by atoms with Crippen LogP contribution in [-0.4, -0.2) is 130 Å². The molecule has 0 aromatic rings. The molecule has 13 heteroatoms. The second-order valence-electron chi connectivity index (χ2n) is 6.70. The SMILES string of the molecule is COC(=O)CCOC1OC(CO)C(O)C(O)C1OC1OC(CO)C(O)C(O)C1O. The largest absolute Gasteiger partial charge is 0.469 e. The fourth-order valence-corrected chi connectivity index (χ4v) is 3.03. The van der Waals surface area contributed by atoms with Gasteiger partial charge in [0.15, 0.2) is 12.6 Å². The number of carbonyl (C=O) groups is 1. The number of rotatable bonds is 8. The first-order valence-electron chi connectivity index (χ1n) is 9.02. The number of hydrogen-bond donors (Lipinski definition) is 7. The second kappa shape index (κ2) is 10.9. The van der Waals surface area contributed by atoms with Crippen molar-refractivity contribution in [3.8, 4) is 0 Å². The molecule has 0 amide bonds. The van der Waals surface area contributed by atoms with Crippen LogP contribution in [0.2, 0.25) is 0 Å². The fraction of sp³-hybridized carbons (Fsp3) is 0.938. The van der Waals surface area contributed by atoms with E-state index in [1.807, 2.05) is 0 Å². The van der Waals surface area contributed by atoms with E-state index in [1.54, 1.807) is 0 Å². The summed E-state index contributed by atoms with van der Waals surface area (Å²) >= 11 is 0. The van der Waals surface area contributed by atoms with Gasteiger partial charge in [-0.2, -0.15) is 0 Å². The lowest BCUT2D eigenvalue weighted by Crippen LogP contribution is -2.64. The molecule has 2 rings (SSSR count). The molecule has 2 aliphatic heterocycles. The van der Waals surface area contributed by atoms with Gasteiger partial charge in [-0.05, 0) is 0 Å². The van der Waals surface area contributed by atoms with E-state index in [1.165, 1.54) is 7.11 Å². The van der Waals surface area contributed by atoms with Crippen molar-refractivity contribution in [3.05, 3.63) is 0 Å². The molecule has 2 saturated heterocycles. The van der Waals surface area contributed by atoms with Gasteiger partial charge in [-0.1, -0.05) is 0 Å². The number of hydrogen-bond acceptors (Lipinski definition) is 13. The smallest absolute Gasteiger partial charge is 0.307 e. The molecule has 7 N–H and O–H groups in total. The zero-order chi connectivity index (χ0) is 21.7. The van der Waals surface area contributed by atoms with Crippen LogP contribution in [0.3, 0.4) is 0 Å². The van der Waals surface area contributed by atoms with Gasteiger partial charge in [-0.15, -0.1) is 0 Å². The van der Waals surface area contributed by atoms with Crippen molar-refractivity contribution < 1.29 is 64.2 Å². The van der Waals surface area contributed by atoms with Gasteiger partial charge in [0, 0.05) is 0 Å². The fourth-order valence-electron chi connectivity index (χ4n) is 3.03. The van der Waals surface area contributed by atoms with Crippen molar-refractivity contribution in [2.75, 3.05) is 26.9 Å². The van der Waals surface area contributed by atoms with Crippen molar-refractivity contribution in [1.29, 1.82) is 0 Å². The summed E-state index contributed by atoms with van der Waals surface area (Å²) in [5.41, 5.74) is 0. The zero-order valence-corrected chi connectivity index (χ0v) is 15.7. The Balaban J connectivity index is 2.12. The van der Waals surface area contributed by atoms with Gasteiger partial charge in [0.05, 0.1) is 33.4 Å². The summed E-state index contributed by atoms with van der Waals surface area (Å²) in [4.78, 5) is 11.2. The summed E-state index contributed by atoms with van der Waals surface area (Å²) in [6, 6.07) is 0. The van der Waals surface area contributed by atoms with Crippen LogP contribution in [0.1, 0.15) is 6.42 Å². The van der Waals surface area contributed by atoms with E-state index in [4.69, 9.17) is 18.9 Å². The lowest BCUT2D eigenvalue weighted by atomic mass is 9.97. The van der Waals surface area contributed by atoms with E-state index in [-0.39, 0.29) is 13.0 Å². The van der Waals surface area contributed by atoms with Crippen LogP contribution in [0, 0.1) is 0 Å². The minimum absolute atomic E-state index is 0.161. The molecule has 0 radical (unpaired) electrons. The first-order valence-corrected chi connectivity index (χ1v) is 9.02. The second-order valence-corrected chi connectivity index (χ2v) is 6.70. The summed E-state index contributed by atoms with van der Waals surface area (Å²) < 4.78 is 25.9. The number of ether oxygens (including phenoxy) is 5. The molecule has 13 nitrogen and oxygen atoms in total. The molecular weight excluding hydrogens is 400 g/mol. The van der Waals surface area contributed by atoms with Crippen molar-refractivity contribution in [1.82, 2.24) is 0 Å². The molecule has 0 bridgehead atoms. The first kappa shape index (κ1) is 24.3. The normalized spacial score (nSPS) is 43.2. The summed E-state index contributed by atoms with van der Waals surface area (Å²) in [6.07, 6.45) is -15.5. The van der Waals surface area contributed by atoms with E-state index in [0.717, 1.165) is 0 Å². The molecule has 0 aliphatic carbocycles. The number of aliphatic hydroxyl groups is 7. The quantitative estimate of drug-likeness (QED) is 0.181. The molecular formula is C16H28O13. The van der Waals surface area contributed by atoms with Gasteiger partial charge in [0.2, 0.25) is 0 Å². The number of methoxy groups -OCH3 is 1. The summed E-state index contributed by atoms with van der Waals surface area (Å²) in [5, 5.41) is 68.8. The van der Waals surface area contributed by atoms with Crippen molar-refractivity contribution >= 4 is 5.97 Å². The summed E-state index contributed by atoms with van der Waals surface area (Å²) in [7, 11) is 1.19. The van der Waals surface area contributed by atoms with Gasteiger partial charge in [-0.25, -0.2) is 0 Å². The van der Waals surface area contributed by atoms with Crippen molar-refractivity contribution in [2.24, 2.45) is 0 Å². The van der Waals surface area contributed by atoms with E-state index < -0.39 is 80.6 Å². The van der Waals surface area contributed by atoms with Gasteiger partial charge in [0.1, 0.15) is 48.8 Å². The third-order valence-electron chi connectivity index (χ3n) is 4.78. The Bertz CT molecular complexity index is 517. The van der Waals surface area contributed by atoms with Crippen molar-refractivity contribution in [2.45, 2.75) is 67.8 Å². The van der Waals surface area contributed by atoms with Gasteiger partial charge >= 0.3 is 5.97 Å². The molecule has 0 saturated carbocycles. The summed E-state index contributed by atoms with van der Waals surface area (Å²) in [6.45, 7) is -1.56. The minimum Gasteiger partial charge on any atom is -0.469 e. The van der Waals surface area contributed by atoms with E-state index >= 15 is 0 Å². The van der Waals surface area contributed by atoms with Crippen molar-refractivity contribution in [3.63, 3.8) is 0 Å². The van der Waals surface area contributed by atoms with Crippen LogP contribution in [0.25, 0.3) is 0 Å². The van der Waals surface area contributed by atoms with Crippen LogP contribution in [0.5, 0.6) is 0 Å². The Hall–Kier alpha value is -0.970. The first-order chi connectivity index (χ1) is 13.7. The molecule has 0 aromatic heterocycles. The highest BCUT2D eigenvalue weighted by Crippen LogP contribution is 2.29. The van der Waals surface area contributed by atoms with Crippen LogP contribution in [-0.2, 0) is 28.5 Å². The molecule has 0 spiro atoms. The number of esters is 1. The molecule has 170 valence electrons. The lowest BCUT2D eigenvalue weighted by molar-refractivity contribution is -0.367. The topological polar surface area (TPSA) is 205 Å². The molecule has 10 unspecified atom stereocenters. The average molecular weight is 428 g/mol. The minimum atomic E-state index is -1.76. The summed E-state index contributed by atoms with van der Waals surface area (Å²) in [5.74, 6) is -0.577. The average Bonchev–Trinajstić information content (AvgIpc) is 2.72. The van der Waals surface area contributed by atoms with Crippen LogP contribution >= 0.6 is 0 Å². The Morgan fingerprint density at radius 3 is 1.93 bits per heavy atom. The maximum atomic E-state index is 11.2. The molecule has 2 fully saturated rings. The van der Waals surface area contributed by atoms with Gasteiger partial charge in [0.25, 0.3) is 0 Å². The van der Waals surface area contributed by atoms with Crippen LogP contribution in [0.4, 0.5) is 0 Å². The Morgan fingerprint density at radius 1 is 0.828 bits per heavy atom. The molecule has 2 heterocycles. The standard InChI is InChI=1S/C16H28O13/c1-25-8(19)2-3-26-16-14(12(23)10(21)7(5-18)28-16)29-15-13(24)11(22)9(20)6(4-17)27-15/h6-7,9-18,20-24H,2-5H2,1H3. The zero-order valence-electron chi connectivity index (χ0n) is 15.7.